The molecule has 40 heavy (non-hydrogen) atoms. The Morgan fingerprint density at radius 1 is 0.575 bits per heavy atom. The average Bonchev–Trinajstić information content (AvgIpc) is 2.81. The first kappa shape index (κ1) is 49.3. The number of hydrogen-bond acceptors (Lipinski definition) is 10. The molecule has 0 aromatic carbocycles. The zero-order valence-electron chi connectivity index (χ0n) is 28.5. The van der Waals surface area contributed by atoms with Gasteiger partial charge in [-0.15, -0.1) is 0 Å². The molecule has 0 heterocycles. The zero-order chi connectivity index (χ0) is 32.7. The number of aliphatic hydroxyl groups is 5. The second-order valence-corrected chi connectivity index (χ2v) is 11.2. The van der Waals surface area contributed by atoms with Gasteiger partial charge in [-0.05, 0) is 103 Å². The van der Waals surface area contributed by atoms with Crippen molar-refractivity contribution in [2.24, 2.45) is 0 Å². The van der Waals surface area contributed by atoms with Crippen LogP contribution in [0.15, 0.2) is 0 Å². The highest BCUT2D eigenvalue weighted by Crippen LogP contribution is 2.02. The fourth-order valence-electron chi connectivity index (χ4n) is 1.88. The van der Waals surface area contributed by atoms with E-state index in [1.54, 1.807) is 20.8 Å². The first-order valence-electron chi connectivity index (χ1n) is 14.6. The van der Waals surface area contributed by atoms with Gasteiger partial charge in [-0.2, -0.15) is 0 Å². The third-order valence-electron chi connectivity index (χ3n) is 3.50. The molecule has 0 radical (unpaired) electrons. The van der Waals surface area contributed by atoms with E-state index in [2.05, 4.69) is 0 Å². The summed E-state index contributed by atoms with van der Waals surface area (Å²) < 4.78 is 25.4. The van der Waals surface area contributed by atoms with Gasteiger partial charge >= 0.3 is 0 Å². The summed E-state index contributed by atoms with van der Waals surface area (Å²) >= 11 is 0. The van der Waals surface area contributed by atoms with Crippen molar-refractivity contribution >= 4 is 0 Å². The van der Waals surface area contributed by atoms with E-state index in [0.717, 1.165) is 6.42 Å². The summed E-state index contributed by atoms with van der Waals surface area (Å²) in [5.41, 5.74) is -0.690. The van der Waals surface area contributed by atoms with Gasteiger partial charge in [0.25, 0.3) is 0 Å². The van der Waals surface area contributed by atoms with Crippen LogP contribution in [0.1, 0.15) is 103 Å². The van der Waals surface area contributed by atoms with E-state index < -0.39 is 5.60 Å². The molecule has 0 saturated heterocycles. The van der Waals surface area contributed by atoms with E-state index in [0.29, 0.717) is 32.5 Å². The SMILES string of the molecule is CC(C)OC(C)CO.CC(C)OCC(C)(C)O.CC(C)OCCCO.CC(C)OCCO.CC(O)COC(C)C. The minimum atomic E-state index is -0.690. The van der Waals surface area contributed by atoms with Crippen LogP contribution in [0.4, 0.5) is 0 Å². The van der Waals surface area contributed by atoms with Crippen molar-refractivity contribution in [2.75, 3.05) is 46.2 Å². The molecule has 0 rings (SSSR count). The van der Waals surface area contributed by atoms with Gasteiger partial charge in [0.15, 0.2) is 0 Å². The van der Waals surface area contributed by atoms with Crippen molar-refractivity contribution in [3.8, 4) is 0 Å². The predicted molar refractivity (Wildman–Crippen MR) is 164 cm³/mol. The topological polar surface area (TPSA) is 147 Å². The first-order valence-corrected chi connectivity index (χ1v) is 14.6. The van der Waals surface area contributed by atoms with Gasteiger partial charge in [-0.25, -0.2) is 0 Å². The second kappa shape index (κ2) is 34.8. The average molecular weight is 591 g/mol. The standard InChI is InChI=1S/C7H16O2.3C6H14O2.C5H12O2/c1-6(2)9-5-7(3,4)8;1-5(2)8-4-6(3)7;1-5(2)8-6(3)4-7;1-6(2)8-5-3-4-7;1-5(2)7-4-3-6/h6,8H,5H2,1-4H3;2*5-7H,4H2,1-3H3;6-7H,3-5H2,1-2H3;5-6H,3-4H2,1-2H3. The monoisotopic (exact) mass is 590 g/mol. The maximum Gasteiger partial charge on any atom is 0.0824 e. The summed E-state index contributed by atoms with van der Waals surface area (Å²) in [5.74, 6) is 0. The van der Waals surface area contributed by atoms with Crippen LogP contribution in [-0.2, 0) is 23.7 Å². The van der Waals surface area contributed by atoms with Gasteiger partial charge in [-0.1, -0.05) is 0 Å². The zero-order valence-corrected chi connectivity index (χ0v) is 28.5. The Morgan fingerprint density at radius 2 is 1.00 bits per heavy atom. The van der Waals surface area contributed by atoms with Crippen molar-refractivity contribution in [2.45, 2.75) is 152 Å². The van der Waals surface area contributed by atoms with Crippen molar-refractivity contribution in [3.05, 3.63) is 0 Å². The number of hydrogen-bond donors (Lipinski definition) is 5. The summed E-state index contributed by atoms with van der Waals surface area (Å²) in [4.78, 5) is 0. The Kier molecular flexibility index (Phi) is 42.9. The largest absolute Gasteiger partial charge is 0.396 e. The maximum atomic E-state index is 9.14. The van der Waals surface area contributed by atoms with Crippen LogP contribution in [0.2, 0.25) is 0 Å². The lowest BCUT2D eigenvalue weighted by Crippen LogP contribution is -2.27. The quantitative estimate of drug-likeness (QED) is 0.167. The maximum absolute atomic E-state index is 9.14. The summed E-state index contributed by atoms with van der Waals surface area (Å²) in [6, 6.07) is 0. The summed E-state index contributed by atoms with van der Waals surface area (Å²) in [6.07, 6.45) is 1.58. The van der Waals surface area contributed by atoms with Crippen LogP contribution < -0.4 is 0 Å². The molecule has 2 unspecified atom stereocenters. The lowest BCUT2D eigenvalue weighted by Gasteiger charge is -2.18. The lowest BCUT2D eigenvalue weighted by molar-refractivity contribution is -0.0423. The van der Waals surface area contributed by atoms with E-state index in [1.807, 2.05) is 76.2 Å². The van der Waals surface area contributed by atoms with Crippen molar-refractivity contribution in [1.29, 1.82) is 0 Å². The minimum Gasteiger partial charge on any atom is -0.396 e. The summed E-state index contributed by atoms with van der Waals surface area (Å²) in [5, 5.41) is 42.8. The van der Waals surface area contributed by atoms with Crippen LogP contribution in [-0.4, -0.2) is 120 Å². The van der Waals surface area contributed by atoms with E-state index in [1.165, 1.54) is 0 Å². The Balaban J connectivity index is -0.000000128. The minimum absolute atomic E-state index is 0.0185. The molecule has 0 fully saturated rings. The molecule has 10 heteroatoms. The molecule has 0 aromatic heterocycles. The van der Waals surface area contributed by atoms with Crippen molar-refractivity contribution < 1.29 is 49.2 Å². The highest BCUT2D eigenvalue weighted by Gasteiger charge is 2.12. The molecule has 10 nitrogen and oxygen atoms in total. The molecule has 0 aromatic rings. The molecule has 0 spiro atoms. The molecular weight excluding hydrogens is 520 g/mol. The van der Waals surface area contributed by atoms with Crippen LogP contribution >= 0.6 is 0 Å². The van der Waals surface area contributed by atoms with E-state index in [9.17, 15) is 0 Å². The van der Waals surface area contributed by atoms with Crippen LogP contribution in [0.25, 0.3) is 0 Å². The smallest absolute Gasteiger partial charge is 0.0824 e. The fraction of sp³-hybridized carbons (Fsp3) is 1.00. The van der Waals surface area contributed by atoms with E-state index in [4.69, 9.17) is 49.2 Å². The highest BCUT2D eigenvalue weighted by molar-refractivity contribution is 4.63. The highest BCUT2D eigenvalue weighted by atomic mass is 16.5. The Hall–Kier alpha value is -0.400. The van der Waals surface area contributed by atoms with Crippen molar-refractivity contribution in [1.82, 2.24) is 0 Å². The Bertz CT molecular complexity index is 429. The Labute approximate surface area is 247 Å². The molecule has 5 N–H and O–H groups in total. The predicted octanol–water partition coefficient (Wildman–Crippen LogP) is 3.96. The third kappa shape index (κ3) is 76.9. The first-order chi connectivity index (χ1) is 18.2. The van der Waals surface area contributed by atoms with E-state index in [-0.39, 0.29) is 56.4 Å². The molecular formula is C30H70O10. The number of rotatable bonds is 16. The van der Waals surface area contributed by atoms with Gasteiger partial charge < -0.3 is 49.2 Å². The lowest BCUT2D eigenvalue weighted by atomic mass is 10.2. The van der Waals surface area contributed by atoms with Gasteiger partial charge in [0.05, 0.1) is 81.4 Å². The van der Waals surface area contributed by atoms with Gasteiger partial charge in [0.2, 0.25) is 0 Å². The molecule has 0 saturated carbocycles. The second-order valence-electron chi connectivity index (χ2n) is 11.2. The van der Waals surface area contributed by atoms with Crippen molar-refractivity contribution in [3.63, 3.8) is 0 Å². The summed E-state index contributed by atoms with van der Waals surface area (Å²) in [6.45, 7) is 29.0. The molecule has 0 aliphatic rings. The third-order valence-corrected chi connectivity index (χ3v) is 3.50. The molecule has 0 amide bonds. The molecule has 0 aliphatic heterocycles. The molecule has 2 atom stereocenters. The van der Waals surface area contributed by atoms with Crippen LogP contribution in [0.3, 0.4) is 0 Å². The van der Waals surface area contributed by atoms with Gasteiger partial charge in [0.1, 0.15) is 0 Å². The van der Waals surface area contributed by atoms with Gasteiger partial charge in [0, 0.05) is 13.2 Å². The number of ether oxygens (including phenoxy) is 5. The van der Waals surface area contributed by atoms with Crippen LogP contribution in [0, 0.1) is 0 Å². The molecule has 0 bridgehead atoms. The fourth-order valence-corrected chi connectivity index (χ4v) is 1.88. The Morgan fingerprint density at radius 3 is 1.18 bits per heavy atom. The van der Waals surface area contributed by atoms with Gasteiger partial charge in [-0.3, -0.25) is 0 Å². The molecule has 0 aliphatic carbocycles. The van der Waals surface area contributed by atoms with Crippen LogP contribution in [0.5, 0.6) is 0 Å². The van der Waals surface area contributed by atoms with E-state index >= 15 is 0 Å². The molecule has 250 valence electrons. The normalized spacial score (nSPS) is 12.6. The summed E-state index contributed by atoms with van der Waals surface area (Å²) in [7, 11) is 0. The number of aliphatic hydroxyl groups excluding tert-OH is 4.